The average Bonchev–Trinajstić information content (AvgIpc) is 2.51. The van der Waals surface area contributed by atoms with Crippen LogP contribution in [0.2, 0.25) is 0 Å². The minimum atomic E-state index is -1.19. The van der Waals surface area contributed by atoms with Crippen LogP contribution in [0.1, 0.15) is 33.1 Å². The molecule has 0 bridgehead atoms. The molecule has 10 heteroatoms. The minimum Gasteiger partial charge on any atom is -0.480 e. The Balaban J connectivity index is 4.68. The molecule has 3 atom stereocenters. The lowest BCUT2D eigenvalue weighted by molar-refractivity contribution is -0.138. The summed E-state index contributed by atoms with van der Waals surface area (Å²) in [7, 11) is 0. The van der Waals surface area contributed by atoms with E-state index in [4.69, 9.17) is 16.6 Å². The largest absolute Gasteiger partial charge is 0.480 e. The van der Waals surface area contributed by atoms with Crippen LogP contribution >= 0.6 is 0 Å². The molecular weight excluding hydrogens is 318 g/mol. The Morgan fingerprint density at radius 1 is 1.00 bits per heavy atom. The molecule has 0 spiro atoms. The number of carbonyl (C=O) groups is 4. The van der Waals surface area contributed by atoms with E-state index in [1.54, 1.807) is 0 Å². The summed E-state index contributed by atoms with van der Waals surface area (Å²) in [6, 6.07) is -2.56. The van der Waals surface area contributed by atoms with E-state index >= 15 is 0 Å². The lowest BCUT2D eigenvalue weighted by Gasteiger charge is -2.21. The van der Waals surface area contributed by atoms with Crippen molar-refractivity contribution in [2.24, 2.45) is 11.5 Å². The van der Waals surface area contributed by atoms with Gasteiger partial charge in [-0.1, -0.05) is 0 Å². The first kappa shape index (κ1) is 21.8. The van der Waals surface area contributed by atoms with E-state index in [9.17, 15) is 19.2 Å². The molecule has 0 aliphatic carbocycles. The fourth-order valence-electron chi connectivity index (χ4n) is 1.76. The van der Waals surface area contributed by atoms with E-state index in [1.807, 2.05) is 0 Å². The van der Waals surface area contributed by atoms with Crippen LogP contribution < -0.4 is 27.4 Å². The third-order valence-corrected chi connectivity index (χ3v) is 3.16. The van der Waals surface area contributed by atoms with Crippen molar-refractivity contribution in [1.29, 1.82) is 0 Å². The van der Waals surface area contributed by atoms with E-state index in [1.165, 1.54) is 13.8 Å². The van der Waals surface area contributed by atoms with Crippen LogP contribution in [0.3, 0.4) is 0 Å². The van der Waals surface area contributed by atoms with Crippen molar-refractivity contribution < 1.29 is 24.3 Å². The topological polar surface area (TPSA) is 177 Å². The molecule has 3 unspecified atom stereocenters. The molecule has 0 aliphatic heterocycles. The number of amides is 3. The Hall–Kier alpha value is -2.20. The number of hydrogen-bond acceptors (Lipinski definition) is 6. The first-order chi connectivity index (χ1) is 11.2. The van der Waals surface area contributed by atoms with Crippen molar-refractivity contribution in [3.8, 4) is 0 Å². The predicted molar refractivity (Wildman–Crippen MR) is 86.7 cm³/mol. The van der Waals surface area contributed by atoms with Gasteiger partial charge in [-0.2, -0.15) is 0 Å². The Labute approximate surface area is 140 Å². The number of rotatable bonds is 11. The maximum atomic E-state index is 12.3. The quantitative estimate of drug-likeness (QED) is 0.227. The van der Waals surface area contributed by atoms with Gasteiger partial charge < -0.3 is 32.5 Å². The van der Waals surface area contributed by atoms with E-state index < -0.39 is 48.4 Å². The number of nitrogens with two attached hydrogens (primary N) is 2. The number of hydrogen-bond donors (Lipinski definition) is 6. The monoisotopic (exact) mass is 345 g/mol. The van der Waals surface area contributed by atoms with Crippen LogP contribution in [0, 0.1) is 0 Å². The van der Waals surface area contributed by atoms with Gasteiger partial charge in [0.25, 0.3) is 0 Å². The molecule has 0 rings (SSSR count). The summed E-state index contributed by atoms with van der Waals surface area (Å²) in [5, 5.41) is 15.6. The molecule has 8 N–H and O–H groups in total. The highest BCUT2D eigenvalue weighted by molar-refractivity contribution is 5.93. The zero-order valence-corrected chi connectivity index (χ0v) is 14.0. The van der Waals surface area contributed by atoms with Crippen LogP contribution in [0.25, 0.3) is 0 Å². The molecule has 0 saturated carbocycles. The van der Waals surface area contributed by atoms with E-state index in [0.717, 1.165) is 0 Å². The van der Waals surface area contributed by atoms with Crippen molar-refractivity contribution in [2.45, 2.75) is 51.2 Å². The molecule has 0 aliphatic rings. The SMILES string of the molecule is CC(N)C(=O)NC(CCCCN)C(=O)NC(C)C(=O)NCC(=O)O. The standard InChI is InChI=1S/C14H27N5O5/c1-8(16)12(22)19-10(5-3-4-6-15)14(24)18-9(2)13(23)17-7-11(20)21/h8-10H,3-7,15-16H2,1-2H3,(H,17,23)(H,18,24)(H,19,22)(H,20,21). The van der Waals surface area contributed by atoms with Crippen LogP contribution in [-0.4, -0.2) is 60.0 Å². The summed E-state index contributed by atoms with van der Waals surface area (Å²) >= 11 is 0. The van der Waals surface area contributed by atoms with Gasteiger partial charge in [-0.3, -0.25) is 19.2 Å². The number of carbonyl (C=O) groups excluding carboxylic acids is 3. The third-order valence-electron chi connectivity index (χ3n) is 3.16. The van der Waals surface area contributed by atoms with Gasteiger partial charge in [0.1, 0.15) is 18.6 Å². The predicted octanol–water partition coefficient (Wildman–Crippen LogP) is -2.35. The van der Waals surface area contributed by atoms with Gasteiger partial charge in [-0.15, -0.1) is 0 Å². The van der Waals surface area contributed by atoms with Gasteiger partial charge in [0.2, 0.25) is 17.7 Å². The smallest absolute Gasteiger partial charge is 0.322 e. The van der Waals surface area contributed by atoms with Crippen LogP contribution in [0.5, 0.6) is 0 Å². The van der Waals surface area contributed by atoms with Crippen molar-refractivity contribution in [1.82, 2.24) is 16.0 Å². The third kappa shape index (κ3) is 9.06. The molecule has 0 aromatic rings. The molecule has 0 aromatic carbocycles. The second-order valence-electron chi connectivity index (χ2n) is 5.48. The summed E-state index contributed by atoms with van der Waals surface area (Å²) < 4.78 is 0. The fraction of sp³-hybridized carbons (Fsp3) is 0.714. The van der Waals surface area contributed by atoms with Crippen molar-refractivity contribution >= 4 is 23.7 Å². The molecule has 3 amide bonds. The maximum absolute atomic E-state index is 12.3. The van der Waals surface area contributed by atoms with Gasteiger partial charge in [0.05, 0.1) is 6.04 Å². The van der Waals surface area contributed by atoms with Crippen molar-refractivity contribution in [3.05, 3.63) is 0 Å². The maximum Gasteiger partial charge on any atom is 0.322 e. The first-order valence-corrected chi connectivity index (χ1v) is 7.75. The summed E-state index contributed by atoms with van der Waals surface area (Å²) in [4.78, 5) is 46.1. The highest BCUT2D eigenvalue weighted by Gasteiger charge is 2.25. The van der Waals surface area contributed by atoms with E-state index in [0.29, 0.717) is 25.8 Å². The number of aliphatic carboxylic acids is 1. The number of carboxylic acid groups (broad SMARTS) is 1. The minimum absolute atomic E-state index is 0.352. The number of carboxylic acids is 1. The lowest BCUT2D eigenvalue weighted by atomic mass is 10.1. The number of nitrogens with one attached hydrogen (secondary N) is 3. The molecule has 0 saturated heterocycles. The van der Waals surface area contributed by atoms with Gasteiger partial charge in [-0.05, 0) is 39.7 Å². The van der Waals surface area contributed by atoms with Gasteiger partial charge in [-0.25, -0.2) is 0 Å². The lowest BCUT2D eigenvalue weighted by Crippen LogP contribution is -2.54. The average molecular weight is 345 g/mol. The first-order valence-electron chi connectivity index (χ1n) is 7.75. The summed E-state index contributed by atoms with van der Waals surface area (Å²) in [6.07, 6.45) is 1.66. The molecular formula is C14H27N5O5. The van der Waals surface area contributed by atoms with Crippen molar-refractivity contribution in [3.63, 3.8) is 0 Å². The molecule has 0 fully saturated rings. The highest BCUT2D eigenvalue weighted by atomic mass is 16.4. The molecule has 0 radical (unpaired) electrons. The molecule has 10 nitrogen and oxygen atoms in total. The van der Waals surface area contributed by atoms with Gasteiger partial charge >= 0.3 is 5.97 Å². The molecule has 24 heavy (non-hydrogen) atoms. The summed E-state index contributed by atoms with van der Waals surface area (Å²) in [6.45, 7) is 2.83. The normalized spacial score (nSPS) is 14.2. The Bertz CT molecular complexity index is 455. The molecule has 0 heterocycles. The highest BCUT2D eigenvalue weighted by Crippen LogP contribution is 2.02. The summed E-state index contributed by atoms with van der Waals surface area (Å²) in [5.41, 5.74) is 10.9. The van der Waals surface area contributed by atoms with Crippen LogP contribution in [0.15, 0.2) is 0 Å². The van der Waals surface area contributed by atoms with E-state index in [2.05, 4.69) is 16.0 Å². The number of unbranched alkanes of at least 4 members (excludes halogenated alkanes) is 1. The zero-order valence-electron chi connectivity index (χ0n) is 14.0. The molecule has 138 valence electrons. The Morgan fingerprint density at radius 2 is 1.62 bits per heavy atom. The van der Waals surface area contributed by atoms with Crippen LogP contribution in [-0.2, 0) is 19.2 Å². The van der Waals surface area contributed by atoms with E-state index in [-0.39, 0.29) is 0 Å². The zero-order chi connectivity index (χ0) is 18.7. The Kier molecular flexibility index (Phi) is 10.3. The van der Waals surface area contributed by atoms with Gasteiger partial charge in [0.15, 0.2) is 0 Å². The fourth-order valence-corrected chi connectivity index (χ4v) is 1.76. The molecule has 0 aromatic heterocycles. The summed E-state index contributed by atoms with van der Waals surface area (Å²) in [5.74, 6) is -2.85. The van der Waals surface area contributed by atoms with Crippen molar-refractivity contribution in [2.75, 3.05) is 13.1 Å². The second kappa shape index (κ2) is 11.4. The second-order valence-corrected chi connectivity index (χ2v) is 5.48. The van der Waals surface area contributed by atoms with Gasteiger partial charge in [0, 0.05) is 0 Å². The van der Waals surface area contributed by atoms with Crippen LogP contribution in [0.4, 0.5) is 0 Å². The Morgan fingerprint density at radius 3 is 2.12 bits per heavy atom.